The van der Waals surface area contributed by atoms with E-state index in [1.165, 1.54) is 37.7 Å². The smallest absolute Gasteiger partial charge is 0.168 e. The summed E-state index contributed by atoms with van der Waals surface area (Å²) in [5.74, 6) is 0.650. The zero-order valence-electron chi connectivity index (χ0n) is 8.69. The molecule has 2 rings (SSSR count). The van der Waals surface area contributed by atoms with Crippen molar-refractivity contribution < 1.29 is 8.42 Å². The number of hydrogen-bond donors (Lipinski definition) is 1. The lowest BCUT2D eigenvalue weighted by Gasteiger charge is -2.21. The molecule has 15 heavy (non-hydrogen) atoms. The molecular formula is C12H16O2S. The van der Waals surface area contributed by atoms with Crippen molar-refractivity contribution in [3.8, 4) is 0 Å². The van der Waals surface area contributed by atoms with Crippen LogP contribution < -0.4 is 0 Å². The van der Waals surface area contributed by atoms with Crippen molar-refractivity contribution in [1.82, 2.24) is 0 Å². The van der Waals surface area contributed by atoms with Crippen molar-refractivity contribution in [3.05, 3.63) is 29.8 Å². The number of benzene rings is 1. The zero-order chi connectivity index (χ0) is 10.7. The Hall–Kier alpha value is -0.830. The highest BCUT2D eigenvalue weighted by Crippen LogP contribution is 2.32. The largest absolute Gasteiger partial charge is 0.227 e. The Balaban J connectivity index is 2.15. The molecule has 0 radical (unpaired) electrons. The quantitative estimate of drug-likeness (QED) is 0.784. The fourth-order valence-electron chi connectivity index (χ4n) is 2.30. The second-order valence-electron chi connectivity index (χ2n) is 4.18. The molecule has 0 spiro atoms. The first-order chi connectivity index (χ1) is 7.27. The van der Waals surface area contributed by atoms with Gasteiger partial charge in [-0.05, 0) is 36.5 Å². The van der Waals surface area contributed by atoms with E-state index in [9.17, 15) is 8.42 Å². The maximum absolute atomic E-state index is 10.7. The molecule has 0 N–H and O–H groups in total. The van der Waals surface area contributed by atoms with Crippen LogP contribution in [0, 0.1) is 0 Å². The van der Waals surface area contributed by atoms with Gasteiger partial charge in [-0.2, -0.15) is 0 Å². The van der Waals surface area contributed by atoms with Gasteiger partial charge in [0.15, 0.2) is 10.7 Å². The normalized spacial score (nSPS) is 18.2. The Bertz CT molecular complexity index is 379. The fraction of sp³-hybridized carbons (Fsp3) is 0.500. The lowest BCUT2D eigenvalue weighted by molar-refractivity contribution is 0.443. The Morgan fingerprint density at radius 1 is 0.933 bits per heavy atom. The molecule has 3 heteroatoms. The van der Waals surface area contributed by atoms with Gasteiger partial charge in [0, 0.05) is 0 Å². The van der Waals surface area contributed by atoms with Crippen molar-refractivity contribution in [1.29, 1.82) is 0 Å². The third kappa shape index (κ3) is 2.59. The summed E-state index contributed by atoms with van der Waals surface area (Å²) in [6, 6.07) is 7.37. The van der Waals surface area contributed by atoms with Crippen LogP contribution in [0.25, 0.3) is 0 Å². The van der Waals surface area contributed by atoms with E-state index >= 15 is 0 Å². The standard InChI is InChI=1S/C12H16O2S/c13-15(14)12-8-6-11(7-9-12)10-4-2-1-3-5-10/h6-10,15H,1-5H2. The van der Waals surface area contributed by atoms with Gasteiger partial charge in [0.1, 0.15) is 0 Å². The van der Waals surface area contributed by atoms with Gasteiger partial charge in [0.25, 0.3) is 0 Å². The highest BCUT2D eigenvalue weighted by Gasteiger charge is 2.14. The van der Waals surface area contributed by atoms with Crippen molar-refractivity contribution in [2.45, 2.75) is 42.9 Å². The van der Waals surface area contributed by atoms with Gasteiger partial charge in [0.05, 0.1) is 4.90 Å². The lowest BCUT2D eigenvalue weighted by atomic mass is 9.84. The highest BCUT2D eigenvalue weighted by molar-refractivity contribution is 7.72. The summed E-state index contributed by atoms with van der Waals surface area (Å²) in [6.45, 7) is 0. The first-order valence-electron chi connectivity index (χ1n) is 5.52. The van der Waals surface area contributed by atoms with Crippen LogP contribution in [0.3, 0.4) is 0 Å². The van der Waals surface area contributed by atoms with Crippen LogP contribution in [-0.2, 0) is 10.7 Å². The third-order valence-electron chi connectivity index (χ3n) is 3.18. The minimum Gasteiger partial charge on any atom is -0.227 e. The Kier molecular flexibility index (Phi) is 3.41. The molecule has 2 nitrogen and oxygen atoms in total. The Morgan fingerprint density at radius 2 is 1.53 bits per heavy atom. The number of rotatable bonds is 2. The molecule has 82 valence electrons. The number of hydrogen-bond acceptors (Lipinski definition) is 2. The van der Waals surface area contributed by atoms with Crippen LogP contribution in [0.2, 0.25) is 0 Å². The second kappa shape index (κ2) is 4.79. The molecule has 1 aromatic rings. The van der Waals surface area contributed by atoms with Crippen LogP contribution in [0.5, 0.6) is 0 Å². The first kappa shape index (κ1) is 10.7. The Morgan fingerprint density at radius 3 is 2.07 bits per heavy atom. The lowest BCUT2D eigenvalue weighted by Crippen LogP contribution is -2.04. The van der Waals surface area contributed by atoms with Gasteiger partial charge in [-0.25, -0.2) is 8.42 Å². The zero-order valence-corrected chi connectivity index (χ0v) is 9.58. The van der Waals surface area contributed by atoms with Crippen molar-refractivity contribution in [3.63, 3.8) is 0 Å². The molecule has 0 atom stereocenters. The molecule has 0 saturated heterocycles. The number of thiol groups is 1. The van der Waals surface area contributed by atoms with Crippen molar-refractivity contribution >= 4 is 10.7 Å². The van der Waals surface area contributed by atoms with Gasteiger partial charge in [-0.15, -0.1) is 0 Å². The monoisotopic (exact) mass is 224 g/mol. The summed E-state index contributed by atoms with van der Waals surface area (Å²) in [5, 5.41) is 0. The predicted octanol–water partition coefficient (Wildman–Crippen LogP) is 2.70. The van der Waals surface area contributed by atoms with E-state index in [0.29, 0.717) is 10.8 Å². The van der Waals surface area contributed by atoms with Crippen molar-refractivity contribution in [2.24, 2.45) is 0 Å². The topological polar surface area (TPSA) is 34.1 Å². The molecule has 0 heterocycles. The molecule has 0 aliphatic heterocycles. The van der Waals surface area contributed by atoms with E-state index < -0.39 is 10.7 Å². The van der Waals surface area contributed by atoms with Gasteiger partial charge < -0.3 is 0 Å². The van der Waals surface area contributed by atoms with Gasteiger partial charge in [-0.1, -0.05) is 31.4 Å². The van der Waals surface area contributed by atoms with Gasteiger partial charge in [-0.3, -0.25) is 0 Å². The van der Waals surface area contributed by atoms with Crippen LogP contribution in [0.1, 0.15) is 43.6 Å². The van der Waals surface area contributed by atoms with Crippen LogP contribution in [0.15, 0.2) is 29.2 Å². The van der Waals surface area contributed by atoms with Gasteiger partial charge >= 0.3 is 0 Å². The molecule has 1 fully saturated rings. The van der Waals surface area contributed by atoms with E-state index in [1.54, 1.807) is 12.1 Å². The van der Waals surface area contributed by atoms with Crippen molar-refractivity contribution in [2.75, 3.05) is 0 Å². The maximum Gasteiger partial charge on any atom is 0.168 e. The molecule has 0 amide bonds. The third-order valence-corrected chi connectivity index (χ3v) is 3.90. The van der Waals surface area contributed by atoms with Crippen LogP contribution in [-0.4, -0.2) is 8.42 Å². The van der Waals surface area contributed by atoms with Crippen LogP contribution >= 0.6 is 0 Å². The summed E-state index contributed by atoms with van der Waals surface area (Å²) in [4.78, 5) is 0.421. The minimum absolute atomic E-state index is 0.421. The van der Waals surface area contributed by atoms with E-state index in [4.69, 9.17) is 0 Å². The summed E-state index contributed by atoms with van der Waals surface area (Å²) in [6.07, 6.45) is 6.47. The molecule has 0 bridgehead atoms. The van der Waals surface area contributed by atoms with E-state index in [1.807, 2.05) is 12.1 Å². The highest BCUT2D eigenvalue weighted by atomic mass is 32.2. The minimum atomic E-state index is -2.43. The maximum atomic E-state index is 10.7. The first-order valence-corrected chi connectivity index (χ1v) is 6.69. The van der Waals surface area contributed by atoms with Crippen LogP contribution in [0.4, 0.5) is 0 Å². The summed E-state index contributed by atoms with van der Waals surface area (Å²) < 4.78 is 21.5. The molecule has 1 aromatic carbocycles. The Labute approximate surface area is 92.3 Å². The molecule has 1 aliphatic rings. The molecule has 1 aliphatic carbocycles. The van der Waals surface area contributed by atoms with E-state index in [0.717, 1.165) is 0 Å². The fourth-order valence-corrected chi connectivity index (χ4v) is 2.70. The second-order valence-corrected chi connectivity index (χ2v) is 5.21. The van der Waals surface area contributed by atoms with E-state index in [-0.39, 0.29) is 0 Å². The summed E-state index contributed by atoms with van der Waals surface area (Å²) in [5.41, 5.74) is 1.30. The molecule has 0 unspecified atom stereocenters. The average Bonchev–Trinajstić information content (AvgIpc) is 2.30. The summed E-state index contributed by atoms with van der Waals surface area (Å²) in [7, 11) is -2.43. The SMILES string of the molecule is O=[SH](=O)c1ccc(C2CCCCC2)cc1. The molecule has 1 saturated carbocycles. The molecular weight excluding hydrogens is 208 g/mol. The summed E-state index contributed by atoms with van der Waals surface area (Å²) >= 11 is 0. The van der Waals surface area contributed by atoms with E-state index in [2.05, 4.69) is 0 Å². The average molecular weight is 224 g/mol. The van der Waals surface area contributed by atoms with Gasteiger partial charge in [0.2, 0.25) is 0 Å². The predicted molar refractivity (Wildman–Crippen MR) is 60.8 cm³/mol. The molecule has 0 aromatic heterocycles.